The van der Waals surface area contributed by atoms with Gasteiger partial charge in [0, 0.05) is 58.6 Å². The Labute approximate surface area is 189 Å². The number of anilines is 1. The minimum Gasteiger partial charge on any atom is -0.489 e. The van der Waals surface area contributed by atoms with Gasteiger partial charge in [-0.1, -0.05) is 18.2 Å². The second kappa shape index (κ2) is 11.9. The average Bonchev–Trinajstić information content (AvgIpc) is 2.83. The van der Waals surface area contributed by atoms with Crippen LogP contribution in [0.5, 0.6) is 5.75 Å². The molecular weight excluding hydrogens is 406 g/mol. The van der Waals surface area contributed by atoms with Crippen molar-refractivity contribution in [2.75, 3.05) is 51.2 Å². The minimum atomic E-state index is -0.0267. The molecule has 0 spiro atoms. The lowest BCUT2D eigenvalue weighted by Crippen LogP contribution is -2.50. The Morgan fingerprint density at radius 1 is 1.12 bits per heavy atom. The Balaban J connectivity index is 1.34. The molecule has 1 aliphatic heterocycles. The molecule has 0 bridgehead atoms. The predicted octanol–water partition coefficient (Wildman–Crippen LogP) is 1.46. The van der Waals surface area contributed by atoms with Gasteiger partial charge in [0.2, 0.25) is 11.9 Å². The molecule has 2 heterocycles. The number of para-hydroxylation sites is 1. The molecule has 1 unspecified atom stereocenters. The van der Waals surface area contributed by atoms with Crippen molar-refractivity contribution in [1.82, 2.24) is 25.5 Å². The van der Waals surface area contributed by atoms with Crippen LogP contribution < -0.4 is 20.3 Å². The topological polar surface area (TPSA) is 95.0 Å². The van der Waals surface area contributed by atoms with E-state index >= 15 is 0 Å². The second-order valence-corrected chi connectivity index (χ2v) is 7.74. The summed E-state index contributed by atoms with van der Waals surface area (Å²) in [6.07, 6.45) is 3.86. The molecule has 1 aliphatic rings. The summed E-state index contributed by atoms with van der Waals surface area (Å²) in [7, 11) is 1.72. The zero-order chi connectivity index (χ0) is 22.8. The maximum atomic E-state index is 12.6. The van der Waals surface area contributed by atoms with Gasteiger partial charge in [-0.25, -0.2) is 9.97 Å². The molecule has 172 valence electrons. The van der Waals surface area contributed by atoms with Crippen LogP contribution in [0.2, 0.25) is 0 Å². The number of hydrogen-bond acceptors (Lipinski definition) is 6. The molecule has 3 rings (SSSR count). The number of rotatable bonds is 8. The van der Waals surface area contributed by atoms with E-state index < -0.39 is 0 Å². The van der Waals surface area contributed by atoms with Crippen molar-refractivity contribution in [3.63, 3.8) is 0 Å². The van der Waals surface area contributed by atoms with Crippen molar-refractivity contribution < 1.29 is 9.53 Å². The lowest BCUT2D eigenvalue weighted by Gasteiger charge is -2.34. The number of benzene rings is 1. The third-order valence-corrected chi connectivity index (χ3v) is 5.30. The third-order valence-electron chi connectivity index (χ3n) is 5.30. The van der Waals surface area contributed by atoms with Gasteiger partial charge in [0.05, 0.1) is 6.54 Å². The average molecular weight is 440 g/mol. The Hall–Kier alpha value is -3.36. The predicted molar refractivity (Wildman–Crippen MR) is 126 cm³/mol. The molecule has 2 aromatic rings. The largest absolute Gasteiger partial charge is 0.489 e. The van der Waals surface area contributed by atoms with E-state index in [2.05, 4.69) is 30.5 Å². The summed E-state index contributed by atoms with van der Waals surface area (Å²) in [6, 6.07) is 9.77. The first kappa shape index (κ1) is 23.3. The van der Waals surface area contributed by atoms with Crippen molar-refractivity contribution in [2.24, 2.45) is 4.99 Å². The molecule has 1 aromatic carbocycles. The van der Waals surface area contributed by atoms with Gasteiger partial charge in [-0.3, -0.25) is 9.79 Å². The maximum absolute atomic E-state index is 12.6. The van der Waals surface area contributed by atoms with E-state index in [1.54, 1.807) is 25.5 Å². The molecule has 1 fully saturated rings. The summed E-state index contributed by atoms with van der Waals surface area (Å²) in [5.74, 6) is 2.40. The Kier molecular flexibility index (Phi) is 8.65. The molecular formula is C23H33N7O2. The van der Waals surface area contributed by atoms with Crippen LogP contribution in [-0.2, 0) is 4.79 Å². The summed E-state index contributed by atoms with van der Waals surface area (Å²) >= 11 is 0. The maximum Gasteiger partial charge on any atom is 0.225 e. The van der Waals surface area contributed by atoms with Crippen LogP contribution in [0.4, 0.5) is 5.95 Å². The van der Waals surface area contributed by atoms with Gasteiger partial charge in [-0.05, 0) is 31.5 Å². The van der Waals surface area contributed by atoms with Crippen molar-refractivity contribution in [3.8, 4) is 5.75 Å². The number of guanidine groups is 1. The minimum absolute atomic E-state index is 0.0267. The summed E-state index contributed by atoms with van der Waals surface area (Å²) in [5, 5.41) is 6.46. The van der Waals surface area contributed by atoms with Crippen LogP contribution in [0.25, 0.3) is 0 Å². The smallest absolute Gasteiger partial charge is 0.225 e. The first-order valence-corrected chi connectivity index (χ1v) is 11.0. The highest BCUT2D eigenvalue weighted by molar-refractivity contribution is 5.81. The van der Waals surface area contributed by atoms with Crippen LogP contribution in [0.1, 0.15) is 18.9 Å². The fraction of sp³-hybridized carbons (Fsp3) is 0.478. The Morgan fingerprint density at radius 3 is 2.53 bits per heavy atom. The number of carbonyl (C=O) groups excluding carboxylic acids is 1. The molecule has 2 N–H and O–H groups in total. The number of ether oxygens (including phenoxy) is 1. The number of aromatic nitrogens is 2. The lowest BCUT2D eigenvalue weighted by atomic mass is 10.2. The standard InChI is InChI=1S/C23H33N7O2/c1-18-7-4-5-8-20(18)32-19(2)17-28-22(24-3)25-12-9-21(31)29-13-15-30(16-14-29)23-26-10-6-11-27-23/h4-8,10-11,19H,9,12-17H2,1-3H3,(H2,24,25,28). The SMILES string of the molecule is CN=C(NCCC(=O)N1CCN(c2ncccn2)CC1)NCC(C)Oc1ccccc1C. The molecule has 0 aliphatic carbocycles. The monoisotopic (exact) mass is 439 g/mol. The van der Waals surface area contributed by atoms with Crippen molar-refractivity contribution >= 4 is 17.8 Å². The summed E-state index contributed by atoms with van der Waals surface area (Å²) < 4.78 is 5.98. The zero-order valence-electron chi connectivity index (χ0n) is 19.1. The van der Waals surface area contributed by atoms with Gasteiger partial charge in [-0.2, -0.15) is 0 Å². The van der Waals surface area contributed by atoms with Crippen LogP contribution in [0.15, 0.2) is 47.7 Å². The van der Waals surface area contributed by atoms with Gasteiger partial charge >= 0.3 is 0 Å². The van der Waals surface area contributed by atoms with E-state index in [4.69, 9.17) is 4.74 Å². The quantitative estimate of drug-likeness (QED) is 0.475. The first-order chi connectivity index (χ1) is 15.6. The highest BCUT2D eigenvalue weighted by Gasteiger charge is 2.22. The molecule has 1 saturated heterocycles. The van der Waals surface area contributed by atoms with Crippen LogP contribution in [0, 0.1) is 6.92 Å². The highest BCUT2D eigenvalue weighted by Crippen LogP contribution is 2.17. The molecule has 9 nitrogen and oxygen atoms in total. The van der Waals surface area contributed by atoms with Gasteiger partial charge in [0.25, 0.3) is 0 Å². The number of hydrogen-bond donors (Lipinski definition) is 2. The normalized spacial score (nSPS) is 15.3. The summed E-state index contributed by atoms with van der Waals surface area (Å²) in [4.78, 5) is 29.4. The third kappa shape index (κ3) is 6.83. The van der Waals surface area contributed by atoms with E-state index in [0.717, 1.165) is 30.4 Å². The number of amides is 1. The molecule has 1 amide bonds. The fourth-order valence-electron chi connectivity index (χ4n) is 3.46. The second-order valence-electron chi connectivity index (χ2n) is 7.74. The van der Waals surface area contributed by atoms with Crippen molar-refractivity contribution in [3.05, 3.63) is 48.3 Å². The van der Waals surface area contributed by atoms with E-state index in [9.17, 15) is 4.79 Å². The van der Waals surface area contributed by atoms with Crippen molar-refractivity contribution in [2.45, 2.75) is 26.4 Å². The van der Waals surface area contributed by atoms with E-state index in [-0.39, 0.29) is 12.0 Å². The van der Waals surface area contributed by atoms with Gasteiger partial charge in [0.15, 0.2) is 5.96 Å². The summed E-state index contributed by atoms with van der Waals surface area (Å²) in [6.45, 7) is 8.00. The summed E-state index contributed by atoms with van der Waals surface area (Å²) in [5.41, 5.74) is 1.11. The van der Waals surface area contributed by atoms with Gasteiger partial charge in [0.1, 0.15) is 11.9 Å². The number of nitrogens with one attached hydrogen (secondary N) is 2. The van der Waals surface area contributed by atoms with Crippen LogP contribution in [-0.4, -0.2) is 79.2 Å². The molecule has 32 heavy (non-hydrogen) atoms. The molecule has 1 atom stereocenters. The molecule has 0 radical (unpaired) electrons. The number of aryl methyl sites for hydroxylation is 1. The zero-order valence-corrected chi connectivity index (χ0v) is 19.1. The number of nitrogens with zero attached hydrogens (tertiary/aromatic N) is 5. The highest BCUT2D eigenvalue weighted by atomic mass is 16.5. The molecule has 0 saturated carbocycles. The number of piperazine rings is 1. The lowest BCUT2D eigenvalue weighted by molar-refractivity contribution is -0.131. The van der Waals surface area contributed by atoms with Crippen LogP contribution in [0.3, 0.4) is 0 Å². The van der Waals surface area contributed by atoms with Crippen molar-refractivity contribution in [1.29, 1.82) is 0 Å². The fourth-order valence-corrected chi connectivity index (χ4v) is 3.46. The van der Waals surface area contributed by atoms with Gasteiger partial charge < -0.3 is 25.2 Å². The molecule has 9 heteroatoms. The Bertz CT molecular complexity index is 883. The number of carbonyl (C=O) groups is 1. The number of aliphatic imine (C=N–C) groups is 1. The van der Waals surface area contributed by atoms with Crippen LogP contribution >= 0.6 is 0 Å². The van der Waals surface area contributed by atoms with Gasteiger partial charge in [-0.15, -0.1) is 0 Å². The van der Waals surface area contributed by atoms with E-state index in [1.807, 2.05) is 43.0 Å². The first-order valence-electron chi connectivity index (χ1n) is 11.0. The van der Waals surface area contributed by atoms with E-state index in [0.29, 0.717) is 38.6 Å². The van der Waals surface area contributed by atoms with E-state index in [1.165, 1.54) is 0 Å². The Morgan fingerprint density at radius 2 is 1.84 bits per heavy atom. The molecule has 1 aromatic heterocycles.